The number of fused-ring (bicyclic) bond motifs is 1. The van der Waals surface area contributed by atoms with Gasteiger partial charge in [-0.3, -0.25) is 0 Å². The summed E-state index contributed by atoms with van der Waals surface area (Å²) in [5.41, 5.74) is 0. The predicted molar refractivity (Wildman–Crippen MR) is 91.4 cm³/mol. The molecule has 5 heteroatoms. The molecular weight excluding hydrogens is 302 g/mol. The molecule has 126 valence electrons. The third kappa shape index (κ3) is 6.03. The number of rotatable bonds is 9. The molecule has 0 bridgehead atoms. The van der Waals surface area contributed by atoms with E-state index in [0.29, 0.717) is 13.2 Å². The van der Waals surface area contributed by atoms with Crippen molar-refractivity contribution in [2.24, 2.45) is 0 Å². The van der Waals surface area contributed by atoms with Gasteiger partial charge in [0.1, 0.15) is 6.61 Å². The second kappa shape index (κ2) is 10.7. The average Bonchev–Trinajstić information content (AvgIpc) is 2.54. The predicted octanol–water partition coefficient (Wildman–Crippen LogP) is 3.39. The Kier molecular flexibility index (Phi) is 9.28. The lowest BCUT2D eigenvalue weighted by molar-refractivity contribution is 0.00751. The van der Waals surface area contributed by atoms with Crippen molar-refractivity contribution in [3.63, 3.8) is 0 Å². The minimum absolute atomic E-state index is 0. The summed E-state index contributed by atoms with van der Waals surface area (Å²) >= 11 is 0. The van der Waals surface area contributed by atoms with E-state index in [9.17, 15) is 0 Å². The Balaban J connectivity index is 0.00000242. The number of hydrogen-bond acceptors (Lipinski definition) is 4. The summed E-state index contributed by atoms with van der Waals surface area (Å²) in [6.45, 7) is 9.79. The number of ether oxygens (including phenoxy) is 3. The fourth-order valence-corrected chi connectivity index (χ4v) is 2.44. The molecule has 1 aliphatic rings. The van der Waals surface area contributed by atoms with Gasteiger partial charge in [0.2, 0.25) is 0 Å². The van der Waals surface area contributed by atoms with E-state index in [-0.39, 0.29) is 18.5 Å². The zero-order valence-corrected chi connectivity index (χ0v) is 14.4. The average molecular weight is 330 g/mol. The first-order valence-electron chi connectivity index (χ1n) is 8.02. The Labute approximate surface area is 140 Å². The zero-order valence-electron chi connectivity index (χ0n) is 13.6. The van der Waals surface area contributed by atoms with Crippen LogP contribution in [0.15, 0.2) is 24.3 Å². The Hall–Kier alpha value is -0.970. The normalized spacial score (nSPS) is 16.4. The molecule has 1 aliphatic heterocycles. The van der Waals surface area contributed by atoms with Crippen LogP contribution in [0.25, 0.3) is 0 Å². The van der Waals surface area contributed by atoms with Crippen LogP contribution in [0.5, 0.6) is 11.5 Å². The Bertz CT molecular complexity index is 413. The molecule has 0 aliphatic carbocycles. The van der Waals surface area contributed by atoms with Gasteiger partial charge in [0, 0.05) is 6.61 Å². The van der Waals surface area contributed by atoms with Crippen molar-refractivity contribution in [1.82, 2.24) is 4.90 Å². The van der Waals surface area contributed by atoms with Crippen molar-refractivity contribution in [2.75, 3.05) is 39.5 Å². The van der Waals surface area contributed by atoms with Gasteiger partial charge in [-0.2, -0.15) is 0 Å². The van der Waals surface area contributed by atoms with Gasteiger partial charge >= 0.3 is 0 Å². The first kappa shape index (κ1) is 19.1. The van der Waals surface area contributed by atoms with Gasteiger partial charge in [0.25, 0.3) is 0 Å². The van der Waals surface area contributed by atoms with Crippen LogP contribution in [-0.4, -0.2) is 50.5 Å². The van der Waals surface area contributed by atoms with Gasteiger partial charge in [-0.1, -0.05) is 26.0 Å². The number of hydrogen-bond donors (Lipinski definition) is 0. The molecule has 0 saturated carbocycles. The van der Waals surface area contributed by atoms with Crippen molar-refractivity contribution in [2.45, 2.75) is 32.8 Å². The standard InChI is InChI=1S/C17H27NO3.ClH/c1-3-18(4-2)11-7-8-12-19-13-15-14-20-16-9-5-6-10-17(16)21-15;/h5-6,9-10,15H,3-4,7-8,11-14H2,1-2H3;1H. The molecule has 0 amide bonds. The molecule has 4 nitrogen and oxygen atoms in total. The maximum absolute atomic E-state index is 5.85. The lowest BCUT2D eigenvalue weighted by Gasteiger charge is -2.26. The van der Waals surface area contributed by atoms with Crippen LogP contribution in [0.4, 0.5) is 0 Å². The van der Waals surface area contributed by atoms with Gasteiger partial charge < -0.3 is 19.1 Å². The summed E-state index contributed by atoms with van der Waals surface area (Å²) in [6.07, 6.45) is 2.29. The van der Waals surface area contributed by atoms with E-state index >= 15 is 0 Å². The molecule has 1 aromatic carbocycles. The molecule has 0 N–H and O–H groups in total. The molecule has 0 saturated heterocycles. The number of nitrogens with zero attached hydrogens (tertiary/aromatic N) is 1. The summed E-state index contributed by atoms with van der Waals surface area (Å²) in [5, 5.41) is 0. The van der Waals surface area contributed by atoms with Gasteiger partial charge in [0.05, 0.1) is 6.61 Å². The Morgan fingerprint density at radius 2 is 1.86 bits per heavy atom. The maximum atomic E-state index is 5.85. The second-order valence-corrected chi connectivity index (χ2v) is 5.31. The minimum Gasteiger partial charge on any atom is -0.486 e. The molecule has 1 unspecified atom stereocenters. The number of benzene rings is 1. The summed E-state index contributed by atoms with van der Waals surface area (Å²) < 4.78 is 17.2. The minimum atomic E-state index is 0. The number of halogens is 1. The van der Waals surface area contributed by atoms with E-state index in [1.54, 1.807) is 0 Å². The molecule has 22 heavy (non-hydrogen) atoms. The van der Waals surface area contributed by atoms with Crippen LogP contribution in [0.1, 0.15) is 26.7 Å². The first-order chi connectivity index (χ1) is 10.3. The quantitative estimate of drug-likeness (QED) is 0.650. The molecule has 0 aromatic heterocycles. The fraction of sp³-hybridized carbons (Fsp3) is 0.647. The SMILES string of the molecule is CCN(CC)CCCCOCC1COc2ccccc2O1.Cl. The fourth-order valence-electron chi connectivity index (χ4n) is 2.44. The molecule has 1 aromatic rings. The van der Waals surface area contributed by atoms with Crippen molar-refractivity contribution in [3.8, 4) is 11.5 Å². The Morgan fingerprint density at radius 3 is 2.59 bits per heavy atom. The molecule has 0 spiro atoms. The second-order valence-electron chi connectivity index (χ2n) is 5.31. The molecular formula is C17H28ClNO3. The summed E-state index contributed by atoms with van der Waals surface area (Å²) in [5.74, 6) is 1.65. The van der Waals surface area contributed by atoms with Crippen LogP contribution in [0, 0.1) is 0 Å². The van der Waals surface area contributed by atoms with Gasteiger partial charge in [-0.25, -0.2) is 0 Å². The van der Waals surface area contributed by atoms with Crippen LogP contribution < -0.4 is 9.47 Å². The summed E-state index contributed by atoms with van der Waals surface area (Å²) in [7, 11) is 0. The smallest absolute Gasteiger partial charge is 0.161 e. The highest BCUT2D eigenvalue weighted by molar-refractivity contribution is 5.85. The topological polar surface area (TPSA) is 30.9 Å². The third-order valence-electron chi connectivity index (χ3n) is 3.78. The molecule has 2 rings (SSSR count). The van der Waals surface area contributed by atoms with Crippen LogP contribution in [0.2, 0.25) is 0 Å². The molecule has 1 heterocycles. The van der Waals surface area contributed by atoms with Crippen molar-refractivity contribution in [1.29, 1.82) is 0 Å². The monoisotopic (exact) mass is 329 g/mol. The van der Waals surface area contributed by atoms with Crippen molar-refractivity contribution in [3.05, 3.63) is 24.3 Å². The van der Waals surface area contributed by atoms with Crippen LogP contribution >= 0.6 is 12.4 Å². The van der Waals surface area contributed by atoms with Crippen LogP contribution in [0.3, 0.4) is 0 Å². The van der Waals surface area contributed by atoms with E-state index in [0.717, 1.165) is 44.2 Å². The highest BCUT2D eigenvalue weighted by atomic mass is 35.5. The van der Waals surface area contributed by atoms with E-state index in [1.807, 2.05) is 24.3 Å². The number of para-hydroxylation sites is 2. The van der Waals surface area contributed by atoms with Crippen molar-refractivity contribution < 1.29 is 14.2 Å². The molecule has 0 radical (unpaired) electrons. The highest BCUT2D eigenvalue weighted by Gasteiger charge is 2.20. The highest BCUT2D eigenvalue weighted by Crippen LogP contribution is 2.30. The van der Waals surface area contributed by atoms with E-state index in [4.69, 9.17) is 14.2 Å². The molecule has 1 atom stereocenters. The Morgan fingerprint density at radius 1 is 1.14 bits per heavy atom. The van der Waals surface area contributed by atoms with E-state index in [2.05, 4.69) is 18.7 Å². The molecule has 0 fully saturated rings. The first-order valence-corrected chi connectivity index (χ1v) is 8.02. The zero-order chi connectivity index (χ0) is 14.9. The summed E-state index contributed by atoms with van der Waals surface area (Å²) in [4.78, 5) is 2.44. The van der Waals surface area contributed by atoms with Gasteiger partial charge in [0.15, 0.2) is 17.6 Å². The van der Waals surface area contributed by atoms with E-state index in [1.165, 1.54) is 6.42 Å². The van der Waals surface area contributed by atoms with E-state index < -0.39 is 0 Å². The van der Waals surface area contributed by atoms with Crippen molar-refractivity contribution >= 4 is 12.4 Å². The largest absolute Gasteiger partial charge is 0.486 e. The van der Waals surface area contributed by atoms with Gasteiger partial charge in [-0.15, -0.1) is 12.4 Å². The lowest BCUT2D eigenvalue weighted by Crippen LogP contribution is -2.33. The third-order valence-corrected chi connectivity index (χ3v) is 3.78. The number of unbranched alkanes of at least 4 members (excludes halogenated alkanes) is 1. The van der Waals surface area contributed by atoms with Gasteiger partial charge in [-0.05, 0) is 44.6 Å². The maximum Gasteiger partial charge on any atom is 0.161 e. The summed E-state index contributed by atoms with van der Waals surface area (Å²) in [6, 6.07) is 7.78. The lowest BCUT2D eigenvalue weighted by atomic mass is 10.2. The van der Waals surface area contributed by atoms with Crippen LogP contribution in [-0.2, 0) is 4.74 Å².